The number of esters is 1. The maximum absolute atomic E-state index is 15.6. The number of nitrogens with zero attached hydrogens (tertiary/aromatic N) is 3. The van der Waals surface area contributed by atoms with E-state index in [2.05, 4.69) is 5.32 Å². The lowest BCUT2D eigenvalue weighted by Crippen LogP contribution is -2.70. The molecule has 3 amide bonds. The summed E-state index contributed by atoms with van der Waals surface area (Å²) in [6, 6.07) is 33.6. The molecule has 3 heterocycles. The van der Waals surface area contributed by atoms with Gasteiger partial charge in [0.25, 0.3) is 0 Å². The number of amides is 3. The first-order chi connectivity index (χ1) is 28.6. The van der Waals surface area contributed by atoms with Crippen LogP contribution in [0.4, 0.5) is 0 Å². The first kappa shape index (κ1) is 40.1. The van der Waals surface area contributed by atoms with E-state index in [0.29, 0.717) is 11.1 Å². The standard InChI is InChI=1S/C46H48N4O9/c1-48(2)37(52)23-22-31-16-13-17-32(26-31)29-50-40-43(54)56-36-28-45(40,44(55)49(3)35(42(53)47-24-25-51)27-30-14-7-4-8-15-30)41(59-50)39-38(36)57-46(58-39,33-18-9-5-10-19-33)34-20-11-6-12-21-34/h4-23,26,35-36,38-41,51H,24-25,27-29H2,1-3H3,(H,47,53)/t35-,36+,38+,39+,40+,41-,45+/m1/s1. The van der Waals surface area contributed by atoms with Gasteiger partial charge in [-0.1, -0.05) is 115 Å². The molecule has 2 bridgehead atoms. The molecule has 0 spiro atoms. The van der Waals surface area contributed by atoms with Crippen LogP contribution in [0.1, 0.15) is 34.2 Å². The molecule has 4 aliphatic rings. The molecular weight excluding hydrogens is 753 g/mol. The van der Waals surface area contributed by atoms with Crippen LogP contribution in [0, 0.1) is 5.41 Å². The third-order valence-electron chi connectivity index (χ3n) is 11.8. The summed E-state index contributed by atoms with van der Waals surface area (Å²) in [7, 11) is 4.92. The lowest BCUT2D eigenvalue weighted by atomic mass is 9.62. The predicted molar refractivity (Wildman–Crippen MR) is 216 cm³/mol. The Balaban J connectivity index is 1.22. The number of aliphatic hydroxyl groups is 1. The van der Waals surface area contributed by atoms with Crippen molar-refractivity contribution in [2.75, 3.05) is 34.3 Å². The van der Waals surface area contributed by atoms with E-state index in [1.807, 2.05) is 115 Å². The van der Waals surface area contributed by atoms with Crippen LogP contribution >= 0.6 is 0 Å². The Morgan fingerprint density at radius 3 is 2.14 bits per heavy atom. The smallest absolute Gasteiger partial charge is 0.327 e. The number of hydrogen-bond donors (Lipinski definition) is 2. The summed E-state index contributed by atoms with van der Waals surface area (Å²) < 4.78 is 20.4. The number of benzene rings is 4. The molecule has 2 N–H and O–H groups in total. The summed E-state index contributed by atoms with van der Waals surface area (Å²) in [5, 5.41) is 13.9. The number of ether oxygens (including phenoxy) is 3. The molecule has 3 saturated heterocycles. The number of hydrogen-bond acceptors (Lipinski definition) is 10. The molecule has 0 unspecified atom stereocenters. The van der Waals surface area contributed by atoms with E-state index in [1.54, 1.807) is 27.2 Å². The Kier molecular flexibility index (Phi) is 11.2. The summed E-state index contributed by atoms with van der Waals surface area (Å²) in [6.07, 6.45) is -0.263. The molecule has 1 saturated carbocycles. The normalized spacial score (nSPS) is 25.8. The Bertz CT molecular complexity index is 2160. The monoisotopic (exact) mass is 800 g/mol. The maximum atomic E-state index is 15.6. The second-order valence-corrected chi connectivity index (χ2v) is 15.7. The van der Waals surface area contributed by atoms with Crippen LogP contribution in [0.3, 0.4) is 0 Å². The number of aliphatic hydroxyl groups excluding tert-OH is 1. The quantitative estimate of drug-likeness (QED) is 0.152. The third kappa shape index (κ3) is 7.34. The number of hydroxylamine groups is 2. The lowest BCUT2D eigenvalue weighted by molar-refractivity contribution is -0.214. The second-order valence-electron chi connectivity index (χ2n) is 15.7. The Morgan fingerprint density at radius 1 is 0.864 bits per heavy atom. The van der Waals surface area contributed by atoms with Crippen LogP contribution in [0.15, 0.2) is 121 Å². The molecule has 13 nitrogen and oxygen atoms in total. The molecule has 59 heavy (non-hydrogen) atoms. The molecule has 13 heteroatoms. The van der Waals surface area contributed by atoms with Crippen LogP contribution in [0.5, 0.6) is 0 Å². The summed E-state index contributed by atoms with van der Waals surface area (Å²) in [5.74, 6) is -3.18. The van der Waals surface area contributed by atoms with Crippen molar-refractivity contribution in [3.63, 3.8) is 0 Å². The molecule has 0 radical (unpaired) electrons. The number of fused-ring (bicyclic) bond motifs is 4. The minimum Gasteiger partial charge on any atom is -0.458 e. The Labute approximate surface area is 343 Å². The minimum absolute atomic E-state index is 0.00137. The van der Waals surface area contributed by atoms with Crippen LogP contribution in [0.25, 0.3) is 6.08 Å². The zero-order valence-corrected chi connectivity index (χ0v) is 33.2. The maximum Gasteiger partial charge on any atom is 0.327 e. The lowest BCUT2D eigenvalue weighted by Gasteiger charge is -2.50. The molecule has 4 aromatic rings. The highest BCUT2D eigenvalue weighted by Gasteiger charge is 2.77. The van der Waals surface area contributed by atoms with Gasteiger partial charge in [0.15, 0.2) is 6.04 Å². The van der Waals surface area contributed by atoms with E-state index in [9.17, 15) is 19.5 Å². The van der Waals surface area contributed by atoms with Gasteiger partial charge in [-0.15, -0.1) is 0 Å². The SMILES string of the molecule is CN(C)C(=O)C=Cc1cccc(CN2O[C@@H]3[C@H]4OC(c5ccccc5)(c5ccccc5)O[C@H]4[C@@H]4C[C@]3(C(=O)N(C)[C@H](Cc3ccccc3)C(=O)NCCO)[C@@H]2C(=O)O4)c1. The van der Waals surface area contributed by atoms with Crippen molar-refractivity contribution in [3.8, 4) is 0 Å². The fourth-order valence-electron chi connectivity index (χ4n) is 8.97. The van der Waals surface area contributed by atoms with Gasteiger partial charge in [-0.05, 0) is 22.8 Å². The highest BCUT2D eigenvalue weighted by Crippen LogP contribution is 2.59. The molecule has 4 aromatic carbocycles. The molecule has 8 rings (SSSR count). The average molecular weight is 801 g/mol. The fourth-order valence-corrected chi connectivity index (χ4v) is 8.97. The molecule has 0 aromatic heterocycles. The largest absolute Gasteiger partial charge is 0.458 e. The Morgan fingerprint density at radius 2 is 1.49 bits per heavy atom. The van der Waals surface area contributed by atoms with E-state index < -0.39 is 65.5 Å². The van der Waals surface area contributed by atoms with Crippen LogP contribution in [-0.2, 0) is 57.0 Å². The average Bonchev–Trinajstić information content (AvgIpc) is 3.84. The van der Waals surface area contributed by atoms with E-state index in [-0.39, 0.29) is 38.4 Å². The van der Waals surface area contributed by atoms with Crippen molar-refractivity contribution in [3.05, 3.63) is 149 Å². The van der Waals surface area contributed by atoms with Gasteiger partial charge in [0, 0.05) is 57.7 Å². The molecular formula is C46H48N4O9. The van der Waals surface area contributed by atoms with Gasteiger partial charge in [0.05, 0.1) is 13.2 Å². The highest BCUT2D eigenvalue weighted by molar-refractivity contribution is 5.96. The third-order valence-corrected chi connectivity index (χ3v) is 11.8. The van der Waals surface area contributed by atoms with E-state index in [1.165, 1.54) is 20.9 Å². The fraction of sp³-hybridized carbons (Fsp3) is 0.348. The van der Waals surface area contributed by atoms with E-state index >= 15 is 4.79 Å². The number of nitrogens with one attached hydrogen (secondary N) is 1. The van der Waals surface area contributed by atoms with Gasteiger partial charge in [-0.3, -0.25) is 24.0 Å². The first-order valence-corrected chi connectivity index (χ1v) is 19.8. The summed E-state index contributed by atoms with van der Waals surface area (Å²) in [6.45, 7) is -0.199. The predicted octanol–water partition coefficient (Wildman–Crippen LogP) is 3.45. The highest BCUT2D eigenvalue weighted by atomic mass is 16.8. The summed E-state index contributed by atoms with van der Waals surface area (Å²) >= 11 is 0. The number of rotatable bonds is 13. The zero-order chi connectivity index (χ0) is 41.3. The van der Waals surface area contributed by atoms with Crippen molar-refractivity contribution in [1.82, 2.24) is 20.2 Å². The molecule has 3 aliphatic heterocycles. The molecule has 4 fully saturated rings. The number of carbonyl (C=O) groups is 4. The van der Waals surface area contributed by atoms with Crippen molar-refractivity contribution in [2.24, 2.45) is 5.41 Å². The van der Waals surface area contributed by atoms with Crippen molar-refractivity contribution in [2.45, 2.75) is 61.7 Å². The van der Waals surface area contributed by atoms with Gasteiger partial charge >= 0.3 is 5.97 Å². The Hall–Kier alpha value is -5.70. The van der Waals surface area contributed by atoms with Gasteiger partial charge in [0.1, 0.15) is 35.9 Å². The van der Waals surface area contributed by atoms with Gasteiger partial charge in [-0.25, -0.2) is 0 Å². The number of likely N-dealkylation sites (N-methyl/N-ethyl adjacent to an activating group) is 2. The molecule has 7 atom stereocenters. The van der Waals surface area contributed by atoms with E-state index in [0.717, 1.165) is 16.7 Å². The molecule has 306 valence electrons. The van der Waals surface area contributed by atoms with Gasteiger partial charge in [0.2, 0.25) is 23.5 Å². The topological polar surface area (TPSA) is 147 Å². The zero-order valence-electron chi connectivity index (χ0n) is 33.2. The van der Waals surface area contributed by atoms with Crippen LogP contribution < -0.4 is 5.32 Å². The van der Waals surface area contributed by atoms with Gasteiger partial charge in [-0.2, -0.15) is 5.06 Å². The second kappa shape index (κ2) is 16.5. The van der Waals surface area contributed by atoms with Crippen molar-refractivity contribution in [1.29, 1.82) is 0 Å². The van der Waals surface area contributed by atoms with Crippen molar-refractivity contribution < 1.29 is 43.3 Å². The first-order valence-electron chi connectivity index (χ1n) is 19.8. The number of carbonyl (C=O) groups excluding carboxylic acids is 4. The minimum atomic E-state index is -1.58. The summed E-state index contributed by atoms with van der Waals surface area (Å²) in [4.78, 5) is 66.2. The molecule has 1 aliphatic carbocycles. The van der Waals surface area contributed by atoms with E-state index in [4.69, 9.17) is 19.0 Å². The van der Waals surface area contributed by atoms with Crippen LogP contribution in [-0.4, -0.2) is 114 Å². The van der Waals surface area contributed by atoms with Crippen LogP contribution in [0.2, 0.25) is 0 Å². The van der Waals surface area contributed by atoms with Gasteiger partial charge < -0.3 is 34.4 Å². The van der Waals surface area contributed by atoms with Crippen molar-refractivity contribution >= 4 is 29.8 Å². The summed E-state index contributed by atoms with van der Waals surface area (Å²) in [5.41, 5.74) is 2.18.